The van der Waals surface area contributed by atoms with Crippen molar-refractivity contribution in [3.8, 4) is 0 Å². The van der Waals surface area contributed by atoms with Gasteiger partial charge in [0.25, 0.3) is 0 Å². The van der Waals surface area contributed by atoms with Gasteiger partial charge in [-0.3, -0.25) is 0 Å². The second-order valence-electron chi connectivity index (χ2n) is 2.17. The highest BCUT2D eigenvalue weighted by atomic mass is 31.1. The molecule has 0 spiro atoms. The molecule has 0 aliphatic heterocycles. The Balaban J connectivity index is 3.10. The summed E-state index contributed by atoms with van der Waals surface area (Å²) in [5.41, 5.74) is 10.4. The van der Waals surface area contributed by atoms with Crippen molar-refractivity contribution in [2.45, 2.75) is 12.8 Å². The average Bonchev–Trinajstić information content (AvgIpc) is 2.06. The first-order valence-electron chi connectivity index (χ1n) is 3.94. The highest BCUT2D eigenvalue weighted by Gasteiger charge is 2.18. The molecule has 0 aromatic rings. The Morgan fingerprint density at radius 3 is 1.75 bits per heavy atom. The summed E-state index contributed by atoms with van der Waals surface area (Å²) in [5.74, 6) is 0. The highest BCUT2D eigenvalue weighted by Crippen LogP contribution is 2.23. The first kappa shape index (κ1) is 11.9. The SMILES string of the molecule is NCCCO[P+](=O)OCCCN. The van der Waals surface area contributed by atoms with Crippen LogP contribution in [0.5, 0.6) is 0 Å². The summed E-state index contributed by atoms with van der Waals surface area (Å²) in [7, 11) is -1.96. The third-order valence-electron chi connectivity index (χ3n) is 1.09. The molecule has 12 heavy (non-hydrogen) atoms. The van der Waals surface area contributed by atoms with Crippen LogP contribution in [0.2, 0.25) is 0 Å². The summed E-state index contributed by atoms with van der Waals surface area (Å²) in [5, 5.41) is 0. The lowest BCUT2D eigenvalue weighted by Crippen LogP contribution is -2.03. The Kier molecular flexibility index (Phi) is 8.99. The minimum absolute atomic E-state index is 0.383. The molecule has 0 aliphatic rings. The molecule has 0 saturated carbocycles. The maximum absolute atomic E-state index is 10.8. The van der Waals surface area contributed by atoms with Gasteiger partial charge in [-0.1, -0.05) is 0 Å². The van der Waals surface area contributed by atoms with Crippen LogP contribution in [-0.4, -0.2) is 26.3 Å². The largest absolute Gasteiger partial charge is 0.697 e. The second-order valence-corrected chi connectivity index (χ2v) is 3.14. The maximum Gasteiger partial charge on any atom is 0.697 e. The van der Waals surface area contributed by atoms with Crippen LogP contribution in [0.25, 0.3) is 0 Å². The molecule has 0 rings (SSSR count). The van der Waals surface area contributed by atoms with Crippen LogP contribution >= 0.6 is 8.25 Å². The molecule has 0 aromatic heterocycles. The average molecular weight is 195 g/mol. The van der Waals surface area contributed by atoms with Gasteiger partial charge in [0, 0.05) is 4.57 Å². The number of nitrogens with two attached hydrogens (primary N) is 2. The van der Waals surface area contributed by atoms with Gasteiger partial charge in [-0.15, -0.1) is 9.05 Å². The molecule has 5 nitrogen and oxygen atoms in total. The molecule has 0 fully saturated rings. The van der Waals surface area contributed by atoms with Crippen molar-refractivity contribution < 1.29 is 13.6 Å². The first-order valence-corrected chi connectivity index (χ1v) is 5.04. The van der Waals surface area contributed by atoms with Crippen LogP contribution in [-0.2, 0) is 13.6 Å². The van der Waals surface area contributed by atoms with Gasteiger partial charge in [-0.25, -0.2) is 0 Å². The molecule has 0 radical (unpaired) electrons. The van der Waals surface area contributed by atoms with Gasteiger partial charge >= 0.3 is 8.25 Å². The molecular weight excluding hydrogens is 179 g/mol. The summed E-state index contributed by atoms with van der Waals surface area (Å²) in [6, 6.07) is 0. The zero-order valence-electron chi connectivity index (χ0n) is 7.07. The van der Waals surface area contributed by atoms with Crippen LogP contribution in [0, 0.1) is 0 Å². The van der Waals surface area contributed by atoms with Crippen LogP contribution in [0.15, 0.2) is 0 Å². The topological polar surface area (TPSA) is 87.6 Å². The van der Waals surface area contributed by atoms with Crippen molar-refractivity contribution in [2.24, 2.45) is 11.5 Å². The van der Waals surface area contributed by atoms with E-state index < -0.39 is 8.25 Å². The lowest BCUT2D eigenvalue weighted by Gasteiger charge is -1.90. The van der Waals surface area contributed by atoms with Gasteiger partial charge in [0.15, 0.2) is 0 Å². The van der Waals surface area contributed by atoms with E-state index in [1.807, 2.05) is 0 Å². The van der Waals surface area contributed by atoms with E-state index in [9.17, 15) is 4.57 Å². The normalized spacial score (nSPS) is 10.2. The van der Waals surface area contributed by atoms with Crippen molar-refractivity contribution in [1.82, 2.24) is 0 Å². The third kappa shape index (κ3) is 8.04. The maximum atomic E-state index is 10.8. The Morgan fingerprint density at radius 1 is 1.00 bits per heavy atom. The summed E-state index contributed by atoms with van der Waals surface area (Å²) in [6.07, 6.45) is 1.39. The zero-order valence-corrected chi connectivity index (χ0v) is 7.96. The van der Waals surface area contributed by atoms with Crippen molar-refractivity contribution in [3.05, 3.63) is 0 Å². The molecular formula is C6H16N2O3P+. The van der Waals surface area contributed by atoms with Crippen LogP contribution in [0.3, 0.4) is 0 Å². The molecule has 0 aliphatic carbocycles. The number of hydrogen-bond donors (Lipinski definition) is 2. The summed E-state index contributed by atoms with van der Waals surface area (Å²) < 4.78 is 20.4. The van der Waals surface area contributed by atoms with Gasteiger partial charge < -0.3 is 11.5 Å². The number of hydrogen-bond acceptors (Lipinski definition) is 5. The van der Waals surface area contributed by atoms with Crippen LogP contribution < -0.4 is 11.5 Å². The quantitative estimate of drug-likeness (QED) is 0.431. The highest BCUT2D eigenvalue weighted by molar-refractivity contribution is 7.33. The fourth-order valence-corrected chi connectivity index (χ4v) is 1.11. The zero-order chi connectivity index (χ0) is 9.23. The second kappa shape index (κ2) is 9.03. The molecule has 0 saturated heterocycles. The molecule has 0 heterocycles. The fraction of sp³-hybridized carbons (Fsp3) is 1.00. The summed E-state index contributed by atoms with van der Waals surface area (Å²) in [6.45, 7) is 1.83. The Bertz CT molecular complexity index is 111. The lowest BCUT2D eigenvalue weighted by atomic mass is 10.5. The third-order valence-corrected chi connectivity index (χ3v) is 1.88. The monoisotopic (exact) mass is 195 g/mol. The molecule has 0 bridgehead atoms. The van der Waals surface area contributed by atoms with Crippen molar-refractivity contribution in [1.29, 1.82) is 0 Å². The van der Waals surface area contributed by atoms with E-state index in [1.165, 1.54) is 0 Å². The van der Waals surface area contributed by atoms with Gasteiger partial charge in [-0.2, -0.15) is 0 Å². The minimum atomic E-state index is -1.96. The molecule has 0 unspecified atom stereocenters. The predicted octanol–water partition coefficient (Wildman–Crippen LogP) is 0.375. The van der Waals surface area contributed by atoms with Crippen molar-refractivity contribution in [3.63, 3.8) is 0 Å². The Morgan fingerprint density at radius 2 is 1.42 bits per heavy atom. The van der Waals surface area contributed by atoms with E-state index in [-0.39, 0.29) is 0 Å². The molecule has 4 N–H and O–H groups in total. The van der Waals surface area contributed by atoms with E-state index in [2.05, 4.69) is 0 Å². The van der Waals surface area contributed by atoms with E-state index in [0.29, 0.717) is 39.1 Å². The Hall–Kier alpha value is -0.0600. The molecule has 6 heteroatoms. The standard InChI is InChI=1S/C6H16N2O3P/c7-3-1-5-10-12(9)11-6-2-4-8/h1-8H2/q+1. The molecule has 0 aromatic carbocycles. The van der Waals surface area contributed by atoms with Crippen molar-refractivity contribution >= 4 is 8.25 Å². The van der Waals surface area contributed by atoms with Crippen LogP contribution in [0.1, 0.15) is 12.8 Å². The molecule has 0 atom stereocenters. The van der Waals surface area contributed by atoms with E-state index in [0.717, 1.165) is 0 Å². The van der Waals surface area contributed by atoms with E-state index in [4.69, 9.17) is 20.5 Å². The van der Waals surface area contributed by atoms with Gasteiger partial charge in [0.2, 0.25) is 0 Å². The van der Waals surface area contributed by atoms with Gasteiger partial charge in [-0.05, 0) is 25.9 Å². The Labute approximate surface area is 73.3 Å². The molecule has 0 amide bonds. The van der Waals surface area contributed by atoms with Gasteiger partial charge in [0.1, 0.15) is 13.2 Å². The van der Waals surface area contributed by atoms with E-state index in [1.54, 1.807) is 0 Å². The van der Waals surface area contributed by atoms with Crippen molar-refractivity contribution in [2.75, 3.05) is 26.3 Å². The molecule has 72 valence electrons. The first-order chi connectivity index (χ1) is 5.81. The van der Waals surface area contributed by atoms with E-state index >= 15 is 0 Å². The van der Waals surface area contributed by atoms with Gasteiger partial charge in [0.05, 0.1) is 0 Å². The predicted molar refractivity (Wildman–Crippen MR) is 46.9 cm³/mol. The van der Waals surface area contributed by atoms with Crippen LogP contribution in [0.4, 0.5) is 0 Å². The lowest BCUT2D eigenvalue weighted by molar-refractivity contribution is 0.223. The number of rotatable bonds is 8. The summed E-state index contributed by atoms with van der Waals surface area (Å²) in [4.78, 5) is 0. The summed E-state index contributed by atoms with van der Waals surface area (Å²) >= 11 is 0. The minimum Gasteiger partial charge on any atom is -0.330 e. The smallest absolute Gasteiger partial charge is 0.330 e. The fourth-order valence-electron chi connectivity index (χ4n) is 0.482.